The molecule has 0 aliphatic carbocycles. The van der Waals surface area contributed by atoms with Crippen molar-refractivity contribution in [3.05, 3.63) is 99.8 Å². The first-order chi connectivity index (χ1) is 17.7. The number of furan rings is 1. The fourth-order valence-corrected chi connectivity index (χ4v) is 4.98. The molecule has 12 heteroatoms. The zero-order valence-electron chi connectivity index (χ0n) is 20.3. The second kappa shape index (κ2) is 10.6. The van der Waals surface area contributed by atoms with Crippen molar-refractivity contribution in [2.75, 3.05) is 17.3 Å². The minimum absolute atomic E-state index is 0.0762. The van der Waals surface area contributed by atoms with E-state index in [0.29, 0.717) is 12.3 Å². The number of methoxy groups -OCH3 is 1. The van der Waals surface area contributed by atoms with Crippen molar-refractivity contribution in [1.29, 1.82) is 0 Å². The molecule has 2 aromatic carbocycles. The average molecular weight is 524 g/mol. The average Bonchev–Trinajstić information content (AvgIpc) is 3.48. The van der Waals surface area contributed by atoms with E-state index in [1.54, 1.807) is 24.6 Å². The molecular formula is C25H25N5O6S. The van der Waals surface area contributed by atoms with Gasteiger partial charge in [0.25, 0.3) is 15.7 Å². The van der Waals surface area contributed by atoms with Crippen molar-refractivity contribution in [2.24, 2.45) is 5.10 Å². The smallest absolute Gasteiger partial charge is 0.270 e. The van der Waals surface area contributed by atoms with Crippen LogP contribution in [-0.4, -0.2) is 31.2 Å². The molecule has 0 aliphatic rings. The Bertz CT molecular complexity index is 1540. The van der Waals surface area contributed by atoms with Gasteiger partial charge >= 0.3 is 0 Å². The van der Waals surface area contributed by atoms with Gasteiger partial charge in [-0.3, -0.25) is 20.3 Å². The topological polar surface area (TPSA) is 141 Å². The molecule has 0 radical (unpaired) electrons. The van der Waals surface area contributed by atoms with E-state index in [-0.39, 0.29) is 22.0 Å². The second-order valence-corrected chi connectivity index (χ2v) is 9.78. The minimum atomic E-state index is -4.20. The van der Waals surface area contributed by atoms with Crippen LogP contribution in [0, 0.1) is 24.0 Å². The largest absolute Gasteiger partial charge is 0.497 e. The number of hydrogen-bond acceptors (Lipinski definition) is 8. The van der Waals surface area contributed by atoms with E-state index in [1.165, 1.54) is 31.4 Å². The summed E-state index contributed by atoms with van der Waals surface area (Å²) in [6.07, 6.45) is 3.19. The summed E-state index contributed by atoms with van der Waals surface area (Å²) >= 11 is 0. The lowest BCUT2D eigenvalue weighted by Crippen LogP contribution is -2.15. The second-order valence-electron chi connectivity index (χ2n) is 8.13. The van der Waals surface area contributed by atoms with Crippen molar-refractivity contribution >= 4 is 33.3 Å². The number of nitrogens with zero attached hydrogens (tertiary/aromatic N) is 3. The summed E-state index contributed by atoms with van der Waals surface area (Å²) in [5.74, 6) is 1.37. The monoisotopic (exact) mass is 523 g/mol. The van der Waals surface area contributed by atoms with E-state index in [2.05, 4.69) is 19.8 Å². The van der Waals surface area contributed by atoms with E-state index >= 15 is 0 Å². The van der Waals surface area contributed by atoms with Crippen LogP contribution in [0.4, 0.5) is 17.1 Å². The van der Waals surface area contributed by atoms with Crippen molar-refractivity contribution in [1.82, 2.24) is 4.57 Å². The van der Waals surface area contributed by atoms with E-state index < -0.39 is 14.9 Å². The zero-order chi connectivity index (χ0) is 26.6. The lowest BCUT2D eigenvalue weighted by molar-refractivity contribution is -0.385. The van der Waals surface area contributed by atoms with Crippen LogP contribution in [0.15, 0.2) is 81.3 Å². The molecule has 2 N–H and O–H groups in total. The van der Waals surface area contributed by atoms with Crippen LogP contribution in [0.25, 0.3) is 0 Å². The Balaban J connectivity index is 1.60. The molecule has 0 atom stereocenters. The SMILES string of the molecule is COc1ccc(NS(=O)(=O)c2cc([N+](=O)[O-])ccc2NN=Cc2cc(C)n(Cc3ccco3)c2C)cc1. The highest BCUT2D eigenvalue weighted by Crippen LogP contribution is 2.29. The van der Waals surface area contributed by atoms with Crippen LogP contribution in [0.1, 0.15) is 22.7 Å². The normalized spacial score (nSPS) is 11.5. The van der Waals surface area contributed by atoms with Crippen molar-refractivity contribution in [3.8, 4) is 5.75 Å². The van der Waals surface area contributed by atoms with Gasteiger partial charge < -0.3 is 13.7 Å². The zero-order valence-corrected chi connectivity index (χ0v) is 21.2. The summed E-state index contributed by atoms with van der Waals surface area (Å²) in [5, 5.41) is 15.5. The first-order valence-electron chi connectivity index (χ1n) is 11.1. The number of ether oxygens (including phenoxy) is 1. The third-order valence-corrected chi connectivity index (χ3v) is 7.12. The molecule has 0 aliphatic heterocycles. The summed E-state index contributed by atoms with van der Waals surface area (Å²) in [6.45, 7) is 4.47. The standard InChI is InChI=1S/C25H25N5O6S/c1-17-13-19(18(2)29(17)16-23-5-4-12-36-23)15-26-27-24-11-8-21(30(31)32)14-25(24)37(33,34)28-20-6-9-22(35-3)10-7-20/h4-15,27-28H,16H2,1-3H3. The lowest BCUT2D eigenvalue weighted by atomic mass is 10.2. The Kier molecular flexibility index (Phi) is 7.30. The molecular weight excluding hydrogens is 498 g/mol. The van der Waals surface area contributed by atoms with Gasteiger partial charge in [0.1, 0.15) is 16.4 Å². The molecule has 0 unspecified atom stereocenters. The maximum atomic E-state index is 13.2. The molecule has 4 rings (SSSR count). The minimum Gasteiger partial charge on any atom is -0.497 e. The number of nitrogens with one attached hydrogen (secondary N) is 2. The van der Waals surface area contributed by atoms with Crippen LogP contribution in [-0.2, 0) is 16.6 Å². The van der Waals surface area contributed by atoms with E-state index in [4.69, 9.17) is 9.15 Å². The molecule has 11 nitrogen and oxygen atoms in total. The van der Waals surface area contributed by atoms with Crippen molar-refractivity contribution in [2.45, 2.75) is 25.3 Å². The molecule has 0 fully saturated rings. The van der Waals surface area contributed by atoms with Gasteiger partial charge in [-0.15, -0.1) is 0 Å². The molecule has 0 saturated carbocycles. The van der Waals surface area contributed by atoms with Crippen LogP contribution in [0.5, 0.6) is 5.75 Å². The number of sulfonamides is 1. The fraction of sp³-hybridized carbons (Fsp3) is 0.160. The van der Waals surface area contributed by atoms with Crippen LogP contribution in [0.2, 0.25) is 0 Å². The van der Waals surface area contributed by atoms with Gasteiger partial charge in [-0.25, -0.2) is 8.42 Å². The number of hydrazone groups is 1. The molecule has 192 valence electrons. The number of rotatable bonds is 10. The number of nitro benzene ring substituents is 1. The molecule has 2 aromatic heterocycles. The van der Waals surface area contributed by atoms with Crippen LogP contribution >= 0.6 is 0 Å². The Morgan fingerprint density at radius 3 is 2.54 bits per heavy atom. The molecule has 0 amide bonds. The van der Waals surface area contributed by atoms with E-state index in [1.807, 2.05) is 32.0 Å². The van der Waals surface area contributed by atoms with Crippen molar-refractivity contribution in [3.63, 3.8) is 0 Å². The maximum absolute atomic E-state index is 13.2. The molecule has 0 bridgehead atoms. The van der Waals surface area contributed by atoms with Gasteiger partial charge in [0, 0.05) is 34.8 Å². The summed E-state index contributed by atoms with van der Waals surface area (Å²) in [5.41, 5.74) is 5.45. The quantitative estimate of drug-likeness (QED) is 0.171. The number of hydrogen-bond donors (Lipinski definition) is 2. The fourth-order valence-electron chi connectivity index (χ4n) is 3.74. The Hall–Kier alpha value is -4.58. The molecule has 37 heavy (non-hydrogen) atoms. The van der Waals surface area contributed by atoms with Gasteiger partial charge in [-0.1, -0.05) is 0 Å². The maximum Gasteiger partial charge on any atom is 0.270 e. The Morgan fingerprint density at radius 1 is 1.14 bits per heavy atom. The predicted molar refractivity (Wildman–Crippen MR) is 140 cm³/mol. The summed E-state index contributed by atoms with van der Waals surface area (Å²) < 4.78 is 41.4. The Morgan fingerprint density at radius 2 is 1.89 bits per heavy atom. The van der Waals surface area contributed by atoms with Crippen molar-refractivity contribution < 1.29 is 22.5 Å². The number of nitro groups is 1. The van der Waals surface area contributed by atoms with Crippen LogP contribution < -0.4 is 14.9 Å². The van der Waals surface area contributed by atoms with Gasteiger partial charge in [-0.05, 0) is 62.4 Å². The first kappa shape index (κ1) is 25.5. The number of aryl methyl sites for hydroxylation is 1. The van der Waals surface area contributed by atoms with Gasteiger partial charge in [0.05, 0.1) is 36.7 Å². The highest BCUT2D eigenvalue weighted by atomic mass is 32.2. The summed E-state index contributed by atoms with van der Waals surface area (Å²) in [4.78, 5) is 10.3. The van der Waals surface area contributed by atoms with E-state index in [9.17, 15) is 18.5 Å². The number of anilines is 2. The Labute approximate surface area is 213 Å². The first-order valence-corrected chi connectivity index (χ1v) is 12.6. The predicted octanol–water partition coefficient (Wildman–Crippen LogP) is 4.91. The summed E-state index contributed by atoms with van der Waals surface area (Å²) in [6, 6.07) is 15.4. The third kappa shape index (κ3) is 5.81. The van der Waals surface area contributed by atoms with E-state index in [0.717, 1.165) is 28.8 Å². The molecule has 0 saturated heterocycles. The highest BCUT2D eigenvalue weighted by molar-refractivity contribution is 7.92. The molecule has 0 spiro atoms. The lowest BCUT2D eigenvalue weighted by Gasteiger charge is -2.12. The van der Waals surface area contributed by atoms with Gasteiger partial charge in [0.15, 0.2) is 0 Å². The molecule has 4 aromatic rings. The number of benzene rings is 2. The van der Waals surface area contributed by atoms with Crippen LogP contribution in [0.3, 0.4) is 0 Å². The highest BCUT2D eigenvalue weighted by Gasteiger charge is 2.23. The number of non-ortho nitro benzene ring substituents is 1. The summed E-state index contributed by atoms with van der Waals surface area (Å²) in [7, 11) is -2.70. The van der Waals surface area contributed by atoms with Gasteiger partial charge in [0.2, 0.25) is 0 Å². The third-order valence-electron chi connectivity index (χ3n) is 5.70. The van der Waals surface area contributed by atoms with Gasteiger partial charge in [-0.2, -0.15) is 5.10 Å². The number of aromatic nitrogens is 1. The molecule has 2 heterocycles.